The first-order valence-electron chi connectivity index (χ1n) is 34.9. The minimum atomic E-state index is -4.56. The second-order valence-corrected chi connectivity index (χ2v) is 28.1. The largest absolute Gasteiger partial charge is 0.416 e. The number of aryl methyl sites for hydroxylation is 2. The molecule has 524 valence electrons. The van der Waals surface area contributed by atoms with Gasteiger partial charge in [-0.15, -0.1) is 0 Å². The van der Waals surface area contributed by atoms with E-state index in [-0.39, 0.29) is 0 Å². The van der Waals surface area contributed by atoms with Crippen LogP contribution in [0, 0.1) is 13.8 Å². The number of hydrogen-bond acceptors (Lipinski definition) is 0. The lowest BCUT2D eigenvalue weighted by Gasteiger charge is -2.39. The van der Waals surface area contributed by atoms with E-state index >= 15 is 0 Å². The van der Waals surface area contributed by atoms with E-state index in [0.29, 0.717) is 22.7 Å². The van der Waals surface area contributed by atoms with Crippen LogP contribution in [0.15, 0.2) is 267 Å². The molecule has 1 aliphatic carbocycles. The van der Waals surface area contributed by atoms with Crippen LogP contribution in [0.25, 0.3) is 143 Å². The molecule has 0 saturated heterocycles. The molecule has 18 rings (SSSR count). The molecular weight excluding hydrogens is 1360 g/mol. The van der Waals surface area contributed by atoms with Gasteiger partial charge in [0.05, 0.1) is 66.4 Å². The van der Waals surface area contributed by atoms with Crippen LogP contribution in [-0.4, -0.2) is 18.3 Å². The molecule has 0 spiro atoms. The standard InChI is InChI=1S/C90H60F12N4/c1-52-45-71(53(2)44-70(52)56-16-38-80-72(48-56)68-10-4-6-12-78(68)103(80)64-28-18-58(19-29-64)87(91,92)93)57-17-39-83-75(49-57)73-46-54(14-36-81(73)105(83)66-32-22-60(23-33-66)89(97,98)99)55-15-37-82-74(47-55)77-51-63(27-41-85(77)106(82)67-34-24-61(25-35-67)90(100,101)102)86(42-8-3-9-43-86)62-26-40-84-76(50-62)69-11-5-7-13-79(69)104(84)65-30-20-59(21-31-65)88(94,95)96/h4-7,10-41,44-51H,3,8-9,42-43H2,1-2H3. The summed E-state index contributed by atoms with van der Waals surface area (Å²) in [6.07, 6.45) is -13.5. The van der Waals surface area contributed by atoms with Crippen molar-refractivity contribution in [1.29, 1.82) is 0 Å². The molecule has 0 unspecified atom stereocenters. The summed E-state index contributed by atoms with van der Waals surface area (Å²) in [5.74, 6) is 0. The van der Waals surface area contributed by atoms with Crippen molar-refractivity contribution in [1.82, 2.24) is 18.3 Å². The third-order valence-electron chi connectivity index (χ3n) is 22.0. The Kier molecular flexibility index (Phi) is 15.1. The van der Waals surface area contributed by atoms with Crippen molar-refractivity contribution in [3.05, 3.63) is 311 Å². The average molecular weight is 1430 g/mol. The molecule has 1 saturated carbocycles. The fourth-order valence-corrected chi connectivity index (χ4v) is 16.9. The van der Waals surface area contributed by atoms with Crippen LogP contribution in [0.1, 0.15) is 76.6 Å². The predicted octanol–water partition coefficient (Wildman–Crippen LogP) is 27.0. The molecule has 1 aliphatic rings. The Morgan fingerprint density at radius 3 is 0.821 bits per heavy atom. The minimum absolute atomic E-state index is 0.493. The first-order chi connectivity index (χ1) is 50.9. The fourth-order valence-electron chi connectivity index (χ4n) is 16.9. The molecule has 4 aromatic heterocycles. The number of aromatic nitrogens is 4. The van der Waals surface area contributed by atoms with Crippen LogP contribution < -0.4 is 0 Å². The van der Waals surface area contributed by atoms with Crippen molar-refractivity contribution in [3.63, 3.8) is 0 Å². The van der Waals surface area contributed by atoms with Crippen LogP contribution in [0.5, 0.6) is 0 Å². The Morgan fingerprint density at radius 2 is 0.500 bits per heavy atom. The topological polar surface area (TPSA) is 19.7 Å². The highest BCUT2D eigenvalue weighted by Gasteiger charge is 2.38. The monoisotopic (exact) mass is 1420 g/mol. The van der Waals surface area contributed by atoms with Gasteiger partial charge in [0.25, 0.3) is 0 Å². The number of fused-ring (bicyclic) bond motifs is 12. The number of rotatable bonds is 9. The van der Waals surface area contributed by atoms with E-state index in [0.717, 1.165) is 223 Å². The zero-order valence-electron chi connectivity index (χ0n) is 56.8. The molecule has 0 amide bonds. The van der Waals surface area contributed by atoms with Gasteiger partial charge >= 0.3 is 24.7 Å². The van der Waals surface area contributed by atoms with Gasteiger partial charge < -0.3 is 18.3 Å². The van der Waals surface area contributed by atoms with Crippen LogP contribution in [0.4, 0.5) is 52.7 Å². The van der Waals surface area contributed by atoms with Crippen molar-refractivity contribution >= 4 is 87.2 Å². The molecular formula is C90H60F12N4. The Hall–Kier alpha value is -11.8. The highest BCUT2D eigenvalue weighted by atomic mass is 19.4. The van der Waals surface area contributed by atoms with Gasteiger partial charge in [0, 0.05) is 71.3 Å². The van der Waals surface area contributed by atoms with E-state index in [1.165, 1.54) is 48.5 Å². The van der Waals surface area contributed by atoms with Crippen molar-refractivity contribution < 1.29 is 52.7 Å². The SMILES string of the molecule is Cc1cc(-c2ccc3c(c2)c2cc(-c4ccc5c(c4)c4cc(C6(c7ccc8c(c7)c7ccccc7n8-c7ccc(C(F)(F)F)cc7)CCCCC6)ccc4n5-c4ccc(C(F)(F)F)cc4)ccc2n3-c2ccc(C(F)(F)F)cc2)c(C)cc1-c1ccc2c(c1)c1ccccc1n2-c1ccc(C(F)(F)F)cc1. The van der Waals surface area contributed by atoms with E-state index in [9.17, 15) is 52.7 Å². The molecule has 13 aromatic carbocycles. The maximum atomic E-state index is 14.2. The molecule has 4 nitrogen and oxygen atoms in total. The Bertz CT molecular complexity index is 6410. The van der Waals surface area contributed by atoms with E-state index in [1.807, 2.05) is 115 Å². The second kappa shape index (κ2) is 24.1. The van der Waals surface area contributed by atoms with Gasteiger partial charge in [-0.2, -0.15) is 52.7 Å². The Labute approximate surface area is 598 Å². The van der Waals surface area contributed by atoms with E-state index in [4.69, 9.17) is 0 Å². The third kappa shape index (κ3) is 10.8. The molecule has 1 fully saturated rings. The summed E-state index contributed by atoms with van der Waals surface area (Å²) in [7, 11) is 0. The first kappa shape index (κ1) is 66.2. The normalized spacial score (nSPS) is 14.0. The predicted molar refractivity (Wildman–Crippen MR) is 400 cm³/mol. The van der Waals surface area contributed by atoms with Gasteiger partial charge in [-0.1, -0.05) is 104 Å². The molecule has 17 aromatic rings. The summed E-state index contributed by atoms with van der Waals surface area (Å²) in [6, 6.07) is 78.2. The highest BCUT2D eigenvalue weighted by molar-refractivity contribution is 6.15. The summed E-state index contributed by atoms with van der Waals surface area (Å²) < 4.78 is 176. The van der Waals surface area contributed by atoms with Gasteiger partial charge in [0.15, 0.2) is 0 Å². The smallest absolute Gasteiger partial charge is 0.309 e. The second-order valence-electron chi connectivity index (χ2n) is 28.1. The Morgan fingerprint density at radius 1 is 0.245 bits per heavy atom. The van der Waals surface area contributed by atoms with Crippen molar-refractivity contribution in [2.24, 2.45) is 0 Å². The average Bonchev–Trinajstić information content (AvgIpc) is 1.51. The number of para-hydroxylation sites is 2. The molecule has 0 aliphatic heterocycles. The fraction of sp³-hybridized carbons (Fsp3) is 0.133. The minimum Gasteiger partial charge on any atom is -0.309 e. The number of hydrogen-bond donors (Lipinski definition) is 0. The lowest BCUT2D eigenvalue weighted by molar-refractivity contribution is -0.138. The molecule has 0 N–H and O–H groups in total. The summed E-state index contributed by atoms with van der Waals surface area (Å²) >= 11 is 0. The van der Waals surface area contributed by atoms with Crippen molar-refractivity contribution in [2.45, 2.75) is 76.1 Å². The van der Waals surface area contributed by atoms with E-state index < -0.39 is 52.4 Å². The van der Waals surface area contributed by atoms with Crippen LogP contribution in [0.2, 0.25) is 0 Å². The maximum Gasteiger partial charge on any atom is 0.416 e. The molecule has 0 radical (unpaired) electrons. The number of halogens is 12. The summed E-state index contributed by atoms with van der Waals surface area (Å²) in [5, 5.41) is 7.19. The summed E-state index contributed by atoms with van der Waals surface area (Å²) in [4.78, 5) is 0. The van der Waals surface area contributed by atoms with Gasteiger partial charge in [0.1, 0.15) is 0 Å². The number of alkyl halides is 12. The molecule has 0 bridgehead atoms. The van der Waals surface area contributed by atoms with E-state index in [2.05, 4.69) is 86.6 Å². The van der Waals surface area contributed by atoms with Crippen molar-refractivity contribution in [3.8, 4) is 56.1 Å². The molecule has 16 heteroatoms. The van der Waals surface area contributed by atoms with Crippen LogP contribution in [0.3, 0.4) is 0 Å². The van der Waals surface area contributed by atoms with Crippen LogP contribution in [-0.2, 0) is 30.1 Å². The van der Waals surface area contributed by atoms with E-state index in [1.54, 1.807) is 0 Å². The molecule has 106 heavy (non-hydrogen) atoms. The first-order valence-corrected chi connectivity index (χ1v) is 34.9. The Balaban J connectivity index is 0.772. The zero-order chi connectivity index (χ0) is 73.1. The van der Waals surface area contributed by atoms with Crippen LogP contribution >= 0.6 is 0 Å². The lowest BCUT2D eigenvalue weighted by Crippen LogP contribution is -2.30. The van der Waals surface area contributed by atoms with Gasteiger partial charge in [-0.05, 0) is 264 Å². The molecule has 0 atom stereocenters. The summed E-state index contributed by atoms with van der Waals surface area (Å²) in [5.41, 5.74) is 14.8. The maximum absolute atomic E-state index is 14.2. The highest BCUT2D eigenvalue weighted by Crippen LogP contribution is 2.50. The lowest BCUT2D eigenvalue weighted by atomic mass is 9.65. The third-order valence-corrected chi connectivity index (χ3v) is 22.0. The molecule has 4 heterocycles. The zero-order valence-corrected chi connectivity index (χ0v) is 56.8. The number of nitrogens with zero attached hydrogens (tertiary/aromatic N) is 4. The van der Waals surface area contributed by atoms with Gasteiger partial charge in [-0.25, -0.2) is 0 Å². The van der Waals surface area contributed by atoms with Crippen molar-refractivity contribution in [2.75, 3.05) is 0 Å². The summed E-state index contributed by atoms with van der Waals surface area (Å²) in [6.45, 7) is 4.11. The van der Waals surface area contributed by atoms with Gasteiger partial charge in [-0.3, -0.25) is 0 Å². The van der Waals surface area contributed by atoms with Gasteiger partial charge in [0.2, 0.25) is 0 Å². The number of benzene rings is 13. The quantitative estimate of drug-likeness (QED) is 0.128.